The van der Waals surface area contributed by atoms with Crippen LogP contribution in [-0.4, -0.2) is 32.3 Å². The second-order valence-corrected chi connectivity index (χ2v) is 8.13. The number of nitrogens with one attached hydrogen (secondary N) is 2. The minimum Gasteiger partial charge on any atom is -0.342 e. The molecule has 0 saturated heterocycles. The third-order valence-corrected chi connectivity index (χ3v) is 5.75. The Kier molecular flexibility index (Phi) is 7.12. The number of amides is 2. The van der Waals surface area contributed by atoms with E-state index in [2.05, 4.69) is 20.8 Å². The molecule has 0 aliphatic heterocycles. The number of carbonyl (C=O) groups excluding carboxylic acids is 2. The van der Waals surface area contributed by atoms with Crippen molar-refractivity contribution in [2.45, 2.75) is 25.0 Å². The summed E-state index contributed by atoms with van der Waals surface area (Å²) in [4.78, 5) is 24.6. The van der Waals surface area contributed by atoms with Crippen LogP contribution in [-0.2, 0) is 11.8 Å². The number of benzene rings is 2. The van der Waals surface area contributed by atoms with Gasteiger partial charge in [0.2, 0.25) is 5.91 Å². The molecule has 1 atom stereocenters. The Bertz CT molecular complexity index is 1050. The van der Waals surface area contributed by atoms with Crippen molar-refractivity contribution in [2.24, 2.45) is 7.05 Å². The zero-order chi connectivity index (χ0) is 21.7. The summed E-state index contributed by atoms with van der Waals surface area (Å²) in [6, 6.07) is 14.1. The number of hydrogen-bond acceptors (Lipinski definition) is 5. The summed E-state index contributed by atoms with van der Waals surface area (Å²) in [7, 11) is 1.80. The molecule has 0 aliphatic rings. The fourth-order valence-corrected chi connectivity index (χ4v) is 3.66. The van der Waals surface area contributed by atoms with Gasteiger partial charge < -0.3 is 15.2 Å². The van der Waals surface area contributed by atoms with Crippen LogP contribution < -0.4 is 10.6 Å². The number of halogens is 1. The number of thioether (sulfide) groups is 1. The Balaban J connectivity index is 1.58. The number of aryl methyl sites for hydroxylation is 1. The molecule has 1 aromatic heterocycles. The van der Waals surface area contributed by atoms with E-state index in [1.54, 1.807) is 48.0 Å². The monoisotopic (exact) mass is 443 g/mol. The summed E-state index contributed by atoms with van der Waals surface area (Å²) in [5, 5.41) is 15.1. The number of aromatic nitrogens is 3. The third-order valence-electron chi connectivity index (χ3n) is 4.40. The Morgan fingerprint density at radius 2 is 1.83 bits per heavy atom. The van der Waals surface area contributed by atoms with Crippen LogP contribution in [0.25, 0.3) is 0 Å². The van der Waals surface area contributed by atoms with Gasteiger partial charge in [-0.05, 0) is 38.1 Å². The van der Waals surface area contributed by atoms with Gasteiger partial charge in [-0.3, -0.25) is 9.59 Å². The maximum absolute atomic E-state index is 12.4. The van der Waals surface area contributed by atoms with Crippen molar-refractivity contribution >= 4 is 40.9 Å². The van der Waals surface area contributed by atoms with Gasteiger partial charge in [-0.1, -0.05) is 53.2 Å². The van der Waals surface area contributed by atoms with Crippen molar-refractivity contribution in [3.05, 3.63) is 70.5 Å². The molecule has 0 fully saturated rings. The number of anilines is 1. The SMILES string of the molecule is Cc1ccc(C(=O)N[C@H](C)c2nnc(SCC(=O)Nc3ccccc3Cl)n2C)cc1. The van der Waals surface area contributed by atoms with Gasteiger partial charge in [0, 0.05) is 12.6 Å². The molecule has 0 spiro atoms. The zero-order valence-corrected chi connectivity index (χ0v) is 18.4. The third kappa shape index (κ3) is 5.40. The first-order valence-electron chi connectivity index (χ1n) is 9.29. The van der Waals surface area contributed by atoms with E-state index in [4.69, 9.17) is 11.6 Å². The van der Waals surface area contributed by atoms with Gasteiger partial charge >= 0.3 is 0 Å². The number of para-hydroxylation sites is 1. The molecule has 2 amide bonds. The molecule has 3 rings (SSSR count). The predicted octanol–water partition coefficient (Wildman–Crippen LogP) is 4.00. The zero-order valence-electron chi connectivity index (χ0n) is 16.8. The van der Waals surface area contributed by atoms with E-state index in [1.807, 2.05) is 26.0 Å². The first-order chi connectivity index (χ1) is 14.3. The predicted molar refractivity (Wildman–Crippen MR) is 119 cm³/mol. The van der Waals surface area contributed by atoms with E-state index in [-0.39, 0.29) is 23.6 Å². The molecule has 0 saturated carbocycles. The highest BCUT2D eigenvalue weighted by Crippen LogP contribution is 2.22. The molecular weight excluding hydrogens is 422 g/mol. The highest BCUT2D eigenvalue weighted by molar-refractivity contribution is 7.99. The van der Waals surface area contributed by atoms with E-state index in [0.717, 1.165) is 5.56 Å². The van der Waals surface area contributed by atoms with Gasteiger partial charge in [0.25, 0.3) is 5.91 Å². The van der Waals surface area contributed by atoms with Gasteiger partial charge in [-0.25, -0.2) is 0 Å². The minimum atomic E-state index is -0.345. The summed E-state index contributed by atoms with van der Waals surface area (Å²) in [6.45, 7) is 3.81. The maximum atomic E-state index is 12.4. The standard InChI is InChI=1S/C21H22ClN5O2S/c1-13-8-10-15(11-9-13)20(29)23-14(2)19-25-26-21(27(19)3)30-12-18(28)24-17-7-5-4-6-16(17)22/h4-11,14H,12H2,1-3H3,(H,23,29)(H,24,28)/t14-/m1/s1. The largest absolute Gasteiger partial charge is 0.342 e. The van der Waals surface area contributed by atoms with E-state index in [9.17, 15) is 9.59 Å². The van der Waals surface area contributed by atoms with E-state index < -0.39 is 0 Å². The van der Waals surface area contributed by atoms with Crippen molar-refractivity contribution in [2.75, 3.05) is 11.1 Å². The number of rotatable bonds is 7. The van der Waals surface area contributed by atoms with Gasteiger partial charge in [0.15, 0.2) is 11.0 Å². The Morgan fingerprint density at radius 3 is 2.53 bits per heavy atom. The lowest BCUT2D eigenvalue weighted by molar-refractivity contribution is -0.113. The van der Waals surface area contributed by atoms with Gasteiger partial charge in [-0.2, -0.15) is 0 Å². The fourth-order valence-electron chi connectivity index (χ4n) is 2.76. The van der Waals surface area contributed by atoms with Crippen molar-refractivity contribution in [1.82, 2.24) is 20.1 Å². The molecule has 3 aromatic rings. The fraction of sp³-hybridized carbons (Fsp3) is 0.238. The van der Waals surface area contributed by atoms with Gasteiger partial charge in [0.1, 0.15) is 0 Å². The van der Waals surface area contributed by atoms with Crippen LogP contribution in [0, 0.1) is 6.92 Å². The maximum Gasteiger partial charge on any atom is 0.251 e. The molecule has 0 unspecified atom stereocenters. The minimum absolute atomic E-state index is 0.154. The van der Waals surface area contributed by atoms with Crippen LogP contribution in [0.15, 0.2) is 53.7 Å². The van der Waals surface area contributed by atoms with Crippen LogP contribution in [0.4, 0.5) is 5.69 Å². The topological polar surface area (TPSA) is 88.9 Å². The lowest BCUT2D eigenvalue weighted by Gasteiger charge is -2.14. The smallest absolute Gasteiger partial charge is 0.251 e. The normalized spacial score (nSPS) is 11.7. The molecule has 156 valence electrons. The molecule has 7 nitrogen and oxygen atoms in total. The lowest BCUT2D eigenvalue weighted by Crippen LogP contribution is -2.28. The molecule has 0 bridgehead atoms. The van der Waals surface area contributed by atoms with E-state index in [0.29, 0.717) is 27.3 Å². The second-order valence-electron chi connectivity index (χ2n) is 6.78. The van der Waals surface area contributed by atoms with Crippen molar-refractivity contribution in [3.63, 3.8) is 0 Å². The molecule has 30 heavy (non-hydrogen) atoms. The Morgan fingerprint density at radius 1 is 1.13 bits per heavy atom. The highest BCUT2D eigenvalue weighted by atomic mass is 35.5. The summed E-state index contributed by atoms with van der Waals surface area (Å²) >= 11 is 7.32. The first kappa shape index (κ1) is 21.9. The summed E-state index contributed by atoms with van der Waals surface area (Å²) in [5.41, 5.74) is 2.24. The summed E-state index contributed by atoms with van der Waals surface area (Å²) < 4.78 is 1.77. The van der Waals surface area contributed by atoms with Crippen LogP contribution in [0.2, 0.25) is 5.02 Å². The second kappa shape index (κ2) is 9.77. The number of hydrogen-bond donors (Lipinski definition) is 2. The molecule has 0 radical (unpaired) electrons. The molecule has 1 heterocycles. The lowest BCUT2D eigenvalue weighted by atomic mass is 10.1. The van der Waals surface area contributed by atoms with Crippen molar-refractivity contribution < 1.29 is 9.59 Å². The Hall–Kier alpha value is -2.84. The van der Waals surface area contributed by atoms with Crippen LogP contribution in [0.3, 0.4) is 0 Å². The molecule has 0 aliphatic carbocycles. The average Bonchev–Trinajstić information content (AvgIpc) is 3.09. The van der Waals surface area contributed by atoms with Crippen molar-refractivity contribution in [3.8, 4) is 0 Å². The Labute approximate surface area is 184 Å². The summed E-state index contributed by atoms with van der Waals surface area (Å²) in [6.07, 6.45) is 0. The highest BCUT2D eigenvalue weighted by Gasteiger charge is 2.19. The first-order valence-corrected chi connectivity index (χ1v) is 10.7. The van der Waals surface area contributed by atoms with Crippen LogP contribution in [0.5, 0.6) is 0 Å². The van der Waals surface area contributed by atoms with Crippen LogP contribution in [0.1, 0.15) is 34.7 Å². The number of carbonyl (C=O) groups is 2. The molecule has 9 heteroatoms. The summed E-state index contributed by atoms with van der Waals surface area (Å²) in [5.74, 6) is 0.378. The van der Waals surface area contributed by atoms with Gasteiger partial charge in [0.05, 0.1) is 22.5 Å². The average molecular weight is 444 g/mol. The van der Waals surface area contributed by atoms with Crippen molar-refractivity contribution in [1.29, 1.82) is 0 Å². The van der Waals surface area contributed by atoms with E-state index >= 15 is 0 Å². The van der Waals surface area contributed by atoms with E-state index in [1.165, 1.54) is 11.8 Å². The van der Waals surface area contributed by atoms with Crippen LogP contribution >= 0.6 is 23.4 Å². The van der Waals surface area contributed by atoms with Gasteiger partial charge in [-0.15, -0.1) is 10.2 Å². The molecular formula is C21H22ClN5O2S. The molecule has 2 N–H and O–H groups in total. The quantitative estimate of drug-likeness (QED) is 0.539. The molecule has 2 aromatic carbocycles. The number of nitrogens with zero attached hydrogens (tertiary/aromatic N) is 3.